The van der Waals surface area contributed by atoms with Crippen molar-refractivity contribution >= 4 is 62.5 Å². The molecule has 6 rings (SSSR count). The second kappa shape index (κ2) is 15.0. The van der Waals surface area contributed by atoms with E-state index in [-0.39, 0.29) is 55.6 Å². The highest BCUT2D eigenvalue weighted by atomic mass is 35.5. The molecule has 1 atom stereocenters. The molecular formula is C36H35ClN4O10. The smallest absolute Gasteiger partial charge is 0.411 e. The standard InChI is InChI=1S/C36H35ClN4O10/c1-47-30-15-21-11-12-39(32(21)34(49-3)33(30)48-2)36(44)40-19-23(18-37)31-26-8-5-4-7-25(26)27(17-28(31)40)38-35(43)51-20-22-9-10-24(41(45)46)16-29(22)50-14-6-13-42/h4-5,7-12,15-17,23,42H,6,13-14,18-20H2,1-3H3,(H,38,43). The molecule has 0 spiro atoms. The van der Waals surface area contributed by atoms with Crippen LogP contribution in [-0.2, 0) is 11.3 Å². The monoisotopic (exact) mass is 718 g/mol. The summed E-state index contributed by atoms with van der Waals surface area (Å²) in [6.45, 7) is 0.0253. The van der Waals surface area contributed by atoms with Crippen LogP contribution in [0.1, 0.15) is 23.5 Å². The number of nitrogens with one attached hydrogen (secondary N) is 1. The molecule has 1 aromatic heterocycles. The van der Waals surface area contributed by atoms with E-state index in [2.05, 4.69) is 5.32 Å². The van der Waals surface area contributed by atoms with Crippen molar-refractivity contribution in [3.63, 3.8) is 0 Å². The largest absolute Gasteiger partial charge is 0.493 e. The lowest BCUT2D eigenvalue weighted by Crippen LogP contribution is -2.33. The quantitative estimate of drug-likeness (QED) is 0.0591. The molecule has 14 nitrogen and oxygen atoms in total. The Morgan fingerprint density at radius 3 is 2.45 bits per heavy atom. The molecule has 2 heterocycles. The van der Waals surface area contributed by atoms with Gasteiger partial charge in [-0.2, -0.15) is 0 Å². The van der Waals surface area contributed by atoms with Crippen molar-refractivity contribution in [2.45, 2.75) is 18.9 Å². The van der Waals surface area contributed by atoms with Crippen molar-refractivity contribution < 1.29 is 43.3 Å². The van der Waals surface area contributed by atoms with Crippen LogP contribution in [-0.4, -0.2) is 73.7 Å². The topological polar surface area (TPSA) is 164 Å². The fraction of sp³-hybridized carbons (Fsp3) is 0.278. The fourth-order valence-electron chi connectivity index (χ4n) is 6.36. The predicted octanol–water partition coefficient (Wildman–Crippen LogP) is 7.05. The Hall–Kier alpha value is -5.73. The number of aliphatic hydroxyl groups excluding tert-OH is 1. The number of halogens is 1. The first-order valence-electron chi connectivity index (χ1n) is 15.9. The highest BCUT2D eigenvalue weighted by Gasteiger charge is 2.36. The van der Waals surface area contributed by atoms with Gasteiger partial charge in [0.25, 0.3) is 5.69 Å². The van der Waals surface area contributed by atoms with E-state index < -0.39 is 11.0 Å². The number of aromatic nitrogens is 1. The minimum Gasteiger partial charge on any atom is -0.493 e. The Morgan fingerprint density at radius 1 is 1.00 bits per heavy atom. The number of hydrogen-bond donors (Lipinski definition) is 2. The van der Waals surface area contributed by atoms with Gasteiger partial charge in [-0.1, -0.05) is 24.3 Å². The predicted molar refractivity (Wildman–Crippen MR) is 191 cm³/mol. The van der Waals surface area contributed by atoms with Crippen LogP contribution in [0, 0.1) is 10.1 Å². The first-order chi connectivity index (χ1) is 24.7. The maximum atomic E-state index is 14.4. The summed E-state index contributed by atoms with van der Waals surface area (Å²) in [7, 11) is 4.50. The van der Waals surface area contributed by atoms with Gasteiger partial charge >= 0.3 is 12.1 Å². The molecule has 0 saturated heterocycles. The molecule has 0 aliphatic carbocycles. The van der Waals surface area contributed by atoms with Gasteiger partial charge in [-0.15, -0.1) is 11.6 Å². The number of methoxy groups -OCH3 is 3. The lowest BCUT2D eigenvalue weighted by atomic mass is 9.95. The van der Waals surface area contributed by atoms with Crippen LogP contribution in [0.25, 0.3) is 21.7 Å². The Bertz CT molecular complexity index is 2140. The lowest BCUT2D eigenvalue weighted by molar-refractivity contribution is -0.385. The third-order valence-corrected chi connectivity index (χ3v) is 9.06. The summed E-state index contributed by atoms with van der Waals surface area (Å²) in [5.41, 5.74) is 2.53. The number of rotatable bonds is 12. The molecule has 0 radical (unpaired) electrons. The number of aliphatic hydroxyl groups is 1. The molecule has 1 unspecified atom stereocenters. The zero-order chi connectivity index (χ0) is 36.2. The Labute approximate surface area is 297 Å². The third kappa shape index (κ3) is 6.62. The summed E-state index contributed by atoms with van der Waals surface area (Å²) >= 11 is 6.50. The Kier molecular flexibility index (Phi) is 10.3. The zero-order valence-electron chi connectivity index (χ0n) is 28.0. The van der Waals surface area contributed by atoms with Crippen molar-refractivity contribution in [2.24, 2.45) is 0 Å². The van der Waals surface area contributed by atoms with Crippen LogP contribution in [0.2, 0.25) is 0 Å². The van der Waals surface area contributed by atoms with Gasteiger partial charge in [0, 0.05) is 60.0 Å². The summed E-state index contributed by atoms with van der Waals surface area (Å²) in [4.78, 5) is 40.1. The zero-order valence-corrected chi connectivity index (χ0v) is 28.8. The number of non-ortho nitro benzene ring substituents is 1. The molecule has 1 aliphatic heterocycles. The van der Waals surface area contributed by atoms with Gasteiger partial charge in [-0.3, -0.25) is 24.9 Å². The average Bonchev–Trinajstić information content (AvgIpc) is 3.75. The lowest BCUT2D eigenvalue weighted by Gasteiger charge is -2.21. The number of amides is 2. The highest BCUT2D eigenvalue weighted by molar-refractivity contribution is 6.19. The number of nitro groups is 1. The van der Waals surface area contributed by atoms with E-state index in [0.717, 1.165) is 10.9 Å². The third-order valence-electron chi connectivity index (χ3n) is 8.68. The van der Waals surface area contributed by atoms with Crippen molar-refractivity contribution in [1.82, 2.24) is 4.57 Å². The molecule has 0 saturated carbocycles. The van der Waals surface area contributed by atoms with E-state index in [9.17, 15) is 19.7 Å². The number of fused-ring (bicyclic) bond motifs is 4. The van der Waals surface area contributed by atoms with Crippen LogP contribution < -0.4 is 29.2 Å². The number of carbonyl (C=O) groups is 2. The fourth-order valence-corrected chi connectivity index (χ4v) is 6.61. The number of benzene rings is 4. The normalized spacial score (nSPS) is 13.6. The molecule has 0 fully saturated rings. The van der Waals surface area contributed by atoms with Crippen molar-refractivity contribution in [3.8, 4) is 23.0 Å². The number of ether oxygens (including phenoxy) is 5. The van der Waals surface area contributed by atoms with E-state index in [1.54, 1.807) is 29.3 Å². The van der Waals surface area contributed by atoms with Gasteiger partial charge in [0.05, 0.1) is 50.3 Å². The van der Waals surface area contributed by atoms with Gasteiger partial charge in [0.15, 0.2) is 11.5 Å². The molecule has 15 heteroatoms. The van der Waals surface area contributed by atoms with E-state index >= 15 is 0 Å². The summed E-state index contributed by atoms with van der Waals surface area (Å²) < 4.78 is 29.4. The maximum Gasteiger partial charge on any atom is 0.411 e. The van der Waals surface area contributed by atoms with Crippen LogP contribution in [0.4, 0.5) is 26.7 Å². The number of carbonyl (C=O) groups excluding carboxylic acids is 2. The summed E-state index contributed by atoms with van der Waals surface area (Å²) in [6, 6.07) is 16.4. The highest BCUT2D eigenvalue weighted by Crippen LogP contribution is 2.47. The minimum absolute atomic E-state index is 0.115. The number of alkyl halides is 1. The number of nitrogens with zero attached hydrogens (tertiary/aromatic N) is 3. The molecule has 266 valence electrons. The van der Waals surface area contributed by atoms with Crippen molar-refractivity contribution in [2.75, 3.05) is 57.2 Å². The summed E-state index contributed by atoms with van der Waals surface area (Å²) in [5, 5.41) is 25.5. The van der Waals surface area contributed by atoms with Gasteiger partial charge in [0.1, 0.15) is 17.9 Å². The number of anilines is 2. The number of hydrogen-bond acceptors (Lipinski definition) is 10. The second-order valence-electron chi connectivity index (χ2n) is 11.6. The van der Waals surface area contributed by atoms with Crippen LogP contribution >= 0.6 is 11.6 Å². The van der Waals surface area contributed by atoms with Gasteiger partial charge in [-0.05, 0) is 35.2 Å². The van der Waals surface area contributed by atoms with Crippen LogP contribution in [0.15, 0.2) is 66.9 Å². The molecule has 2 amide bonds. The van der Waals surface area contributed by atoms with Crippen LogP contribution in [0.3, 0.4) is 0 Å². The molecule has 4 aromatic carbocycles. The van der Waals surface area contributed by atoms with Crippen molar-refractivity contribution in [1.29, 1.82) is 0 Å². The Balaban J connectivity index is 1.33. The maximum absolute atomic E-state index is 14.4. The van der Waals surface area contributed by atoms with Gasteiger partial charge in [-0.25, -0.2) is 9.59 Å². The minimum atomic E-state index is -0.799. The molecule has 51 heavy (non-hydrogen) atoms. The Morgan fingerprint density at radius 2 is 1.76 bits per heavy atom. The molecule has 1 aliphatic rings. The first kappa shape index (κ1) is 35.1. The first-order valence-corrected chi connectivity index (χ1v) is 16.5. The van der Waals surface area contributed by atoms with Gasteiger partial charge < -0.3 is 28.8 Å². The van der Waals surface area contributed by atoms with E-state index in [0.29, 0.717) is 56.9 Å². The van der Waals surface area contributed by atoms with Crippen LogP contribution in [0.5, 0.6) is 23.0 Å². The molecular weight excluding hydrogens is 684 g/mol. The van der Waals surface area contributed by atoms with E-state index in [4.69, 9.17) is 40.4 Å². The summed E-state index contributed by atoms with van der Waals surface area (Å²) in [5.74, 6) is 1.33. The van der Waals surface area contributed by atoms with Gasteiger partial charge in [0.2, 0.25) is 5.75 Å². The molecule has 2 N–H and O–H groups in total. The average molecular weight is 719 g/mol. The van der Waals surface area contributed by atoms with E-state index in [1.807, 2.05) is 24.3 Å². The number of nitro benzene ring substituents is 1. The second-order valence-corrected chi connectivity index (χ2v) is 11.9. The summed E-state index contributed by atoms with van der Waals surface area (Å²) in [6.07, 6.45) is 1.17. The van der Waals surface area contributed by atoms with E-state index in [1.165, 1.54) is 44.1 Å². The van der Waals surface area contributed by atoms with Crippen molar-refractivity contribution in [3.05, 3.63) is 88.1 Å². The molecule has 0 bridgehead atoms. The molecule has 5 aromatic rings. The SMILES string of the molecule is COc1cc2ccn(C(=O)N3CC(CCl)c4c3cc(NC(=O)OCc3ccc([N+](=O)[O-])cc3OCCCO)c3ccccc43)c2c(OC)c1OC.